The number of aryl methyl sites for hydroxylation is 1. The fourth-order valence-electron chi connectivity index (χ4n) is 2.55. The Labute approximate surface area is 152 Å². The topological polar surface area (TPSA) is 67.6 Å². The molecule has 1 heterocycles. The van der Waals surface area contributed by atoms with Gasteiger partial charge in [0.1, 0.15) is 23.1 Å². The lowest BCUT2D eigenvalue weighted by atomic mass is 10.1. The number of halogens is 4. The first kappa shape index (κ1) is 17.8. The van der Waals surface area contributed by atoms with Crippen LogP contribution in [-0.4, -0.2) is 9.78 Å². The highest BCUT2D eigenvalue weighted by Gasteiger charge is 2.30. The predicted molar refractivity (Wildman–Crippen MR) is 92.9 cm³/mol. The molecule has 0 saturated carbocycles. The van der Waals surface area contributed by atoms with Gasteiger partial charge < -0.3 is 5.73 Å². The molecule has 4 nitrogen and oxygen atoms in total. The molecule has 0 fully saturated rings. The normalized spacial score (nSPS) is 11.4. The molecule has 1 aromatic heterocycles. The van der Waals surface area contributed by atoms with Gasteiger partial charge in [0.25, 0.3) is 0 Å². The quantitative estimate of drug-likeness (QED) is 0.686. The zero-order valence-corrected chi connectivity index (χ0v) is 14.2. The Hall–Kier alpha value is -2.98. The van der Waals surface area contributed by atoms with Crippen LogP contribution in [0.1, 0.15) is 16.7 Å². The average molecular weight is 377 g/mol. The van der Waals surface area contributed by atoms with Crippen LogP contribution in [-0.2, 0) is 6.18 Å². The van der Waals surface area contributed by atoms with Gasteiger partial charge in [-0.3, -0.25) is 0 Å². The Morgan fingerprint density at radius 2 is 1.81 bits per heavy atom. The second-order valence-electron chi connectivity index (χ2n) is 5.64. The Morgan fingerprint density at radius 1 is 1.15 bits per heavy atom. The summed E-state index contributed by atoms with van der Waals surface area (Å²) in [7, 11) is 0. The van der Waals surface area contributed by atoms with E-state index in [1.807, 2.05) is 13.0 Å². The lowest BCUT2D eigenvalue weighted by Crippen LogP contribution is -2.04. The minimum atomic E-state index is -4.44. The van der Waals surface area contributed by atoms with E-state index in [0.717, 1.165) is 17.7 Å². The number of nitrogen functional groups attached to an aromatic ring is 1. The number of nitrogens with zero attached hydrogens (tertiary/aromatic N) is 3. The van der Waals surface area contributed by atoms with Crippen LogP contribution in [0.15, 0.2) is 42.5 Å². The smallest absolute Gasteiger partial charge is 0.382 e. The summed E-state index contributed by atoms with van der Waals surface area (Å²) in [5, 5.41) is 14.3. The minimum Gasteiger partial charge on any atom is -0.382 e. The Morgan fingerprint density at radius 3 is 2.38 bits per heavy atom. The maximum Gasteiger partial charge on any atom is 0.416 e. The molecule has 0 aliphatic heterocycles. The first-order valence-electron chi connectivity index (χ1n) is 7.45. The lowest BCUT2D eigenvalue weighted by molar-refractivity contribution is -0.137. The Kier molecular flexibility index (Phi) is 4.38. The van der Waals surface area contributed by atoms with Crippen molar-refractivity contribution in [3.63, 3.8) is 0 Å². The molecule has 0 bridgehead atoms. The van der Waals surface area contributed by atoms with Crippen LogP contribution >= 0.6 is 11.6 Å². The molecular weight excluding hydrogens is 365 g/mol. The maximum absolute atomic E-state index is 12.7. The van der Waals surface area contributed by atoms with Gasteiger partial charge in [-0.1, -0.05) is 29.8 Å². The van der Waals surface area contributed by atoms with Crippen LogP contribution in [0.3, 0.4) is 0 Å². The van der Waals surface area contributed by atoms with Crippen molar-refractivity contribution >= 4 is 17.4 Å². The fourth-order valence-corrected chi connectivity index (χ4v) is 2.72. The van der Waals surface area contributed by atoms with Gasteiger partial charge >= 0.3 is 6.18 Å². The number of rotatable bonds is 2. The van der Waals surface area contributed by atoms with Crippen molar-refractivity contribution < 1.29 is 13.2 Å². The van der Waals surface area contributed by atoms with Crippen LogP contribution in [0.5, 0.6) is 0 Å². The second-order valence-corrected chi connectivity index (χ2v) is 6.07. The van der Waals surface area contributed by atoms with Crippen molar-refractivity contribution in [2.24, 2.45) is 0 Å². The zero-order valence-electron chi connectivity index (χ0n) is 13.5. The van der Waals surface area contributed by atoms with Gasteiger partial charge in [0.2, 0.25) is 0 Å². The van der Waals surface area contributed by atoms with Crippen molar-refractivity contribution in [3.8, 4) is 23.0 Å². The summed E-state index contributed by atoms with van der Waals surface area (Å²) in [6, 6.07) is 11.5. The van der Waals surface area contributed by atoms with Gasteiger partial charge in [0.05, 0.1) is 11.3 Å². The van der Waals surface area contributed by atoms with Gasteiger partial charge in [0, 0.05) is 10.6 Å². The van der Waals surface area contributed by atoms with Crippen LogP contribution < -0.4 is 5.73 Å². The SMILES string of the molecule is Cc1ccc(Cl)cc1-n1nc(-c2ccc(C(F)(F)F)cc2)c(C#N)c1N. The first-order chi connectivity index (χ1) is 12.2. The molecule has 0 radical (unpaired) electrons. The summed E-state index contributed by atoms with van der Waals surface area (Å²) in [5.74, 6) is 0.0905. The number of benzene rings is 2. The van der Waals surface area contributed by atoms with E-state index in [4.69, 9.17) is 17.3 Å². The van der Waals surface area contributed by atoms with E-state index < -0.39 is 11.7 Å². The second kappa shape index (κ2) is 6.39. The Bertz CT molecular complexity index is 1010. The van der Waals surface area contributed by atoms with E-state index in [1.54, 1.807) is 18.2 Å². The van der Waals surface area contributed by atoms with E-state index in [9.17, 15) is 18.4 Å². The number of nitriles is 1. The molecule has 0 aliphatic rings. The van der Waals surface area contributed by atoms with Crippen molar-refractivity contribution in [3.05, 3.63) is 64.2 Å². The molecule has 2 N–H and O–H groups in total. The summed E-state index contributed by atoms with van der Waals surface area (Å²) in [5.41, 5.74) is 7.35. The summed E-state index contributed by atoms with van der Waals surface area (Å²) in [6.07, 6.45) is -4.44. The number of aromatic nitrogens is 2. The van der Waals surface area contributed by atoms with E-state index in [2.05, 4.69) is 5.10 Å². The Balaban J connectivity index is 2.15. The van der Waals surface area contributed by atoms with Crippen molar-refractivity contribution in [1.82, 2.24) is 9.78 Å². The average Bonchev–Trinajstić information content (AvgIpc) is 2.93. The zero-order chi connectivity index (χ0) is 19.1. The molecule has 0 amide bonds. The van der Waals surface area contributed by atoms with Gasteiger partial charge in [-0.15, -0.1) is 0 Å². The standard InChI is InChI=1S/C18H12ClF3N4/c1-10-2-7-13(19)8-15(10)26-17(24)14(9-23)16(25-26)11-3-5-12(6-4-11)18(20,21)22/h2-8H,24H2,1H3. The number of alkyl halides is 3. The molecule has 0 unspecified atom stereocenters. The largest absolute Gasteiger partial charge is 0.416 e. The molecule has 0 spiro atoms. The number of nitrogens with two attached hydrogens (primary N) is 1. The highest BCUT2D eigenvalue weighted by atomic mass is 35.5. The van der Waals surface area contributed by atoms with Gasteiger partial charge in [0.15, 0.2) is 0 Å². The van der Waals surface area contributed by atoms with Crippen LogP contribution in [0.4, 0.5) is 19.0 Å². The van der Waals surface area contributed by atoms with Gasteiger partial charge in [-0.05, 0) is 36.8 Å². The summed E-state index contributed by atoms with van der Waals surface area (Å²) in [6.45, 7) is 1.83. The summed E-state index contributed by atoms with van der Waals surface area (Å²) < 4.78 is 39.6. The molecule has 0 atom stereocenters. The molecule has 132 valence electrons. The molecule has 0 saturated heterocycles. The molecule has 8 heteroatoms. The molecule has 2 aromatic carbocycles. The predicted octanol–water partition coefficient (Wildman–Crippen LogP) is 4.97. The summed E-state index contributed by atoms with van der Waals surface area (Å²) >= 11 is 6.02. The maximum atomic E-state index is 12.7. The third kappa shape index (κ3) is 3.11. The van der Waals surface area contributed by atoms with Crippen LogP contribution in [0, 0.1) is 18.3 Å². The van der Waals surface area contributed by atoms with Crippen molar-refractivity contribution in [2.45, 2.75) is 13.1 Å². The number of hydrogen-bond acceptors (Lipinski definition) is 3. The van der Waals surface area contributed by atoms with Gasteiger partial charge in [-0.2, -0.15) is 23.5 Å². The summed E-state index contributed by atoms with van der Waals surface area (Å²) in [4.78, 5) is 0. The fraction of sp³-hybridized carbons (Fsp3) is 0.111. The van der Waals surface area contributed by atoms with Crippen molar-refractivity contribution in [1.29, 1.82) is 5.26 Å². The highest BCUT2D eigenvalue weighted by molar-refractivity contribution is 6.30. The van der Waals surface area contributed by atoms with Crippen LogP contribution in [0.25, 0.3) is 16.9 Å². The molecule has 0 aliphatic carbocycles. The van der Waals surface area contributed by atoms with E-state index in [0.29, 0.717) is 16.3 Å². The van der Waals surface area contributed by atoms with Crippen molar-refractivity contribution in [2.75, 3.05) is 5.73 Å². The van der Waals surface area contributed by atoms with E-state index in [1.165, 1.54) is 16.8 Å². The van der Waals surface area contributed by atoms with E-state index in [-0.39, 0.29) is 17.1 Å². The third-order valence-corrected chi connectivity index (χ3v) is 4.15. The number of hydrogen-bond donors (Lipinski definition) is 1. The van der Waals surface area contributed by atoms with E-state index >= 15 is 0 Å². The highest BCUT2D eigenvalue weighted by Crippen LogP contribution is 2.33. The van der Waals surface area contributed by atoms with Gasteiger partial charge in [-0.25, -0.2) is 4.68 Å². The minimum absolute atomic E-state index is 0.0872. The monoisotopic (exact) mass is 376 g/mol. The number of anilines is 1. The lowest BCUT2D eigenvalue weighted by Gasteiger charge is -2.08. The third-order valence-electron chi connectivity index (χ3n) is 3.92. The molecular formula is C18H12ClF3N4. The first-order valence-corrected chi connectivity index (χ1v) is 7.83. The van der Waals surface area contributed by atoms with Crippen LogP contribution in [0.2, 0.25) is 5.02 Å². The molecule has 3 rings (SSSR count). The molecule has 26 heavy (non-hydrogen) atoms. The molecule has 3 aromatic rings.